The molecule has 1 aliphatic rings. The van der Waals surface area contributed by atoms with E-state index in [9.17, 15) is 0 Å². The van der Waals surface area contributed by atoms with E-state index in [4.69, 9.17) is 19.3 Å². The van der Waals surface area contributed by atoms with Crippen LogP contribution in [0.25, 0.3) is 0 Å². The van der Waals surface area contributed by atoms with Gasteiger partial charge in [0, 0.05) is 5.56 Å². The van der Waals surface area contributed by atoms with Crippen LogP contribution in [0.15, 0.2) is 77.9 Å². The molecular formula is C21H18N2O3. The van der Waals surface area contributed by atoms with E-state index in [-0.39, 0.29) is 6.79 Å². The second-order valence-electron chi connectivity index (χ2n) is 5.68. The number of para-hydroxylation sites is 2. The van der Waals surface area contributed by atoms with E-state index in [2.05, 4.69) is 0 Å². The second-order valence-corrected chi connectivity index (χ2v) is 5.68. The van der Waals surface area contributed by atoms with Gasteiger partial charge in [-0.15, -0.1) is 0 Å². The number of rotatable bonds is 5. The van der Waals surface area contributed by atoms with Crippen molar-refractivity contribution in [2.45, 2.75) is 0 Å². The lowest BCUT2D eigenvalue weighted by Crippen LogP contribution is -2.09. The third-order valence-electron chi connectivity index (χ3n) is 4.00. The van der Waals surface area contributed by atoms with Gasteiger partial charge in [-0.2, -0.15) is 5.10 Å². The Morgan fingerprint density at radius 3 is 2.19 bits per heavy atom. The molecule has 0 amide bonds. The molecule has 0 aliphatic carbocycles. The predicted octanol–water partition coefficient (Wildman–Crippen LogP) is 4.60. The van der Waals surface area contributed by atoms with Crippen molar-refractivity contribution in [1.29, 1.82) is 0 Å². The number of ether oxygens (including phenoxy) is 3. The molecule has 0 atom stereocenters. The summed E-state index contributed by atoms with van der Waals surface area (Å²) >= 11 is 0. The normalized spacial score (nSPS) is 12.3. The fourth-order valence-electron chi connectivity index (χ4n) is 2.77. The highest BCUT2D eigenvalue weighted by molar-refractivity contribution is 5.84. The smallest absolute Gasteiger partial charge is 0.231 e. The zero-order chi connectivity index (χ0) is 17.8. The van der Waals surface area contributed by atoms with Crippen LogP contribution in [0, 0.1) is 0 Å². The van der Waals surface area contributed by atoms with Crippen molar-refractivity contribution in [3.8, 4) is 17.2 Å². The Balaban J connectivity index is 1.70. The van der Waals surface area contributed by atoms with Crippen molar-refractivity contribution < 1.29 is 14.2 Å². The van der Waals surface area contributed by atoms with Crippen LogP contribution in [0.4, 0.5) is 11.4 Å². The minimum atomic E-state index is 0.201. The van der Waals surface area contributed by atoms with Gasteiger partial charge in [-0.25, -0.2) is 5.01 Å². The molecule has 4 rings (SSSR count). The summed E-state index contributed by atoms with van der Waals surface area (Å²) in [5.74, 6) is 1.93. The summed E-state index contributed by atoms with van der Waals surface area (Å²) in [5, 5.41) is 6.58. The van der Waals surface area contributed by atoms with Crippen LogP contribution in [0.2, 0.25) is 0 Å². The largest absolute Gasteiger partial charge is 0.493 e. The molecule has 0 saturated carbocycles. The monoisotopic (exact) mass is 346 g/mol. The number of fused-ring (bicyclic) bond motifs is 1. The highest BCUT2D eigenvalue weighted by Crippen LogP contribution is 2.41. The van der Waals surface area contributed by atoms with Gasteiger partial charge in [0.1, 0.15) is 0 Å². The molecule has 0 fully saturated rings. The van der Waals surface area contributed by atoms with Gasteiger partial charge < -0.3 is 14.2 Å². The first kappa shape index (κ1) is 16.0. The van der Waals surface area contributed by atoms with Crippen molar-refractivity contribution in [3.05, 3.63) is 78.4 Å². The Hall–Kier alpha value is -3.47. The van der Waals surface area contributed by atoms with Crippen molar-refractivity contribution >= 4 is 17.6 Å². The highest BCUT2D eigenvalue weighted by atomic mass is 16.7. The average Bonchev–Trinajstić information content (AvgIpc) is 3.18. The summed E-state index contributed by atoms with van der Waals surface area (Å²) in [6.45, 7) is 0.201. The van der Waals surface area contributed by atoms with E-state index < -0.39 is 0 Å². The van der Waals surface area contributed by atoms with Crippen LogP contribution >= 0.6 is 0 Å². The fourth-order valence-corrected chi connectivity index (χ4v) is 2.77. The molecule has 26 heavy (non-hydrogen) atoms. The lowest BCUT2D eigenvalue weighted by Gasteiger charge is -2.19. The SMILES string of the molecule is COc1cc(/C=N\N(c2ccccc2)c2ccccc2)cc2c1OCO2. The summed E-state index contributed by atoms with van der Waals surface area (Å²) in [6, 6.07) is 23.8. The Labute approximate surface area is 152 Å². The predicted molar refractivity (Wildman–Crippen MR) is 102 cm³/mol. The topological polar surface area (TPSA) is 43.3 Å². The lowest BCUT2D eigenvalue weighted by atomic mass is 10.2. The maximum absolute atomic E-state index is 5.48. The first-order valence-electron chi connectivity index (χ1n) is 8.27. The molecule has 0 bridgehead atoms. The van der Waals surface area contributed by atoms with Gasteiger partial charge in [0.25, 0.3) is 0 Å². The van der Waals surface area contributed by atoms with Crippen molar-refractivity contribution in [1.82, 2.24) is 0 Å². The molecule has 0 radical (unpaired) electrons. The molecule has 3 aromatic carbocycles. The third-order valence-corrected chi connectivity index (χ3v) is 4.00. The number of hydrogen-bond acceptors (Lipinski definition) is 5. The Morgan fingerprint density at radius 1 is 0.923 bits per heavy atom. The zero-order valence-electron chi connectivity index (χ0n) is 14.3. The van der Waals surface area contributed by atoms with Gasteiger partial charge in [-0.3, -0.25) is 0 Å². The highest BCUT2D eigenvalue weighted by Gasteiger charge is 2.19. The van der Waals surface area contributed by atoms with Crippen LogP contribution in [-0.4, -0.2) is 20.1 Å². The summed E-state index contributed by atoms with van der Waals surface area (Å²) in [7, 11) is 1.61. The number of hydrogen-bond donors (Lipinski definition) is 0. The van der Waals surface area contributed by atoms with E-state index >= 15 is 0 Å². The van der Waals surface area contributed by atoms with Crippen LogP contribution < -0.4 is 19.2 Å². The second kappa shape index (κ2) is 7.19. The Bertz CT molecular complexity index is 872. The molecule has 3 aromatic rings. The van der Waals surface area contributed by atoms with Crippen LogP contribution in [-0.2, 0) is 0 Å². The van der Waals surface area contributed by atoms with Gasteiger partial charge in [-0.05, 0) is 36.4 Å². The van der Waals surface area contributed by atoms with Gasteiger partial charge in [0.2, 0.25) is 12.5 Å². The molecule has 0 aromatic heterocycles. The molecular weight excluding hydrogens is 328 g/mol. The Kier molecular flexibility index (Phi) is 4.43. The summed E-state index contributed by atoms with van der Waals surface area (Å²) in [5.41, 5.74) is 2.81. The zero-order valence-corrected chi connectivity index (χ0v) is 14.3. The summed E-state index contributed by atoms with van der Waals surface area (Å²) in [4.78, 5) is 0. The van der Waals surface area contributed by atoms with Crippen molar-refractivity contribution in [2.75, 3.05) is 18.9 Å². The van der Waals surface area contributed by atoms with Gasteiger partial charge in [-0.1, -0.05) is 36.4 Å². The summed E-state index contributed by atoms with van der Waals surface area (Å²) in [6.07, 6.45) is 1.78. The first-order valence-corrected chi connectivity index (χ1v) is 8.27. The van der Waals surface area contributed by atoms with Gasteiger partial charge in [0.05, 0.1) is 24.7 Å². The van der Waals surface area contributed by atoms with Gasteiger partial charge >= 0.3 is 0 Å². The van der Waals surface area contributed by atoms with Crippen molar-refractivity contribution in [2.24, 2.45) is 5.10 Å². The van der Waals surface area contributed by atoms with Gasteiger partial charge in [0.15, 0.2) is 11.5 Å². The molecule has 0 N–H and O–H groups in total. The van der Waals surface area contributed by atoms with Crippen LogP contribution in [0.3, 0.4) is 0 Å². The van der Waals surface area contributed by atoms with E-state index in [0.29, 0.717) is 17.2 Å². The van der Waals surface area contributed by atoms with E-state index in [1.807, 2.05) is 77.8 Å². The van der Waals surface area contributed by atoms with Crippen molar-refractivity contribution in [3.63, 3.8) is 0 Å². The summed E-state index contributed by atoms with van der Waals surface area (Å²) < 4.78 is 16.3. The number of anilines is 2. The first-order chi connectivity index (χ1) is 12.8. The molecule has 5 heteroatoms. The quantitative estimate of drug-likeness (QED) is 0.500. The minimum absolute atomic E-state index is 0.201. The lowest BCUT2D eigenvalue weighted by molar-refractivity contribution is 0.171. The van der Waals surface area contributed by atoms with Crippen LogP contribution in [0.5, 0.6) is 17.2 Å². The molecule has 0 saturated heterocycles. The third kappa shape index (κ3) is 3.19. The Morgan fingerprint density at radius 2 is 1.58 bits per heavy atom. The molecule has 1 heterocycles. The maximum atomic E-state index is 5.48. The van der Waals surface area contributed by atoms with E-state index in [0.717, 1.165) is 16.9 Å². The number of benzene rings is 3. The molecule has 5 nitrogen and oxygen atoms in total. The molecule has 1 aliphatic heterocycles. The molecule has 130 valence electrons. The standard InChI is InChI=1S/C21H18N2O3/c1-24-19-12-16(13-20-21(19)26-15-25-20)14-22-23(17-8-4-2-5-9-17)18-10-6-3-7-11-18/h2-14H,15H2,1H3/b22-14-. The van der Waals surface area contributed by atoms with E-state index in [1.165, 1.54) is 0 Å². The minimum Gasteiger partial charge on any atom is -0.493 e. The molecule has 0 spiro atoms. The number of nitrogens with zero attached hydrogens (tertiary/aromatic N) is 2. The number of hydrazone groups is 1. The fraction of sp³-hybridized carbons (Fsp3) is 0.0952. The number of methoxy groups -OCH3 is 1. The van der Waals surface area contributed by atoms with Crippen LogP contribution in [0.1, 0.15) is 5.56 Å². The van der Waals surface area contributed by atoms with E-state index in [1.54, 1.807) is 13.3 Å². The average molecular weight is 346 g/mol. The molecule has 0 unspecified atom stereocenters. The maximum Gasteiger partial charge on any atom is 0.231 e.